The molecule has 4 heteroatoms. The number of carbonyl (C=O) groups excluding carboxylic acids is 1. The Kier molecular flexibility index (Phi) is 4.47. The Morgan fingerprint density at radius 2 is 1.79 bits per heavy atom. The molecule has 4 nitrogen and oxygen atoms in total. The molecule has 0 aliphatic carbocycles. The molecule has 3 aromatic rings. The molecule has 3 rings (SSSR count). The monoisotopic (exact) mass is 320 g/mol. The van der Waals surface area contributed by atoms with Crippen LogP contribution in [-0.4, -0.2) is 10.9 Å². The molecule has 0 spiro atoms. The minimum absolute atomic E-state index is 0.105. The predicted octanol–water partition coefficient (Wildman–Crippen LogP) is 4.77. The summed E-state index contributed by atoms with van der Waals surface area (Å²) < 4.78 is 5.60. The van der Waals surface area contributed by atoms with Gasteiger partial charge in [-0.15, -0.1) is 0 Å². The van der Waals surface area contributed by atoms with Crippen LogP contribution in [0.15, 0.2) is 52.9 Å². The van der Waals surface area contributed by atoms with Crippen molar-refractivity contribution in [3.63, 3.8) is 0 Å². The molecule has 0 radical (unpaired) electrons. The molecule has 0 aliphatic rings. The number of anilines is 1. The Balaban J connectivity index is 1.78. The molecule has 1 heterocycles. The third-order valence-corrected chi connectivity index (χ3v) is 3.95. The van der Waals surface area contributed by atoms with E-state index in [0.29, 0.717) is 5.56 Å². The van der Waals surface area contributed by atoms with Crippen molar-refractivity contribution in [2.24, 2.45) is 0 Å². The zero-order valence-electron chi connectivity index (χ0n) is 14.1. The highest BCUT2D eigenvalue weighted by molar-refractivity contribution is 6.05. The van der Waals surface area contributed by atoms with Crippen LogP contribution in [0.5, 0.6) is 0 Å². The third kappa shape index (κ3) is 3.23. The topological polar surface area (TPSA) is 55.1 Å². The van der Waals surface area contributed by atoms with E-state index in [1.54, 1.807) is 0 Å². The number of aryl methyl sites for hydroxylation is 3. The zero-order chi connectivity index (χ0) is 17.1. The Hall–Kier alpha value is -2.88. The second-order valence-corrected chi connectivity index (χ2v) is 5.71. The quantitative estimate of drug-likeness (QED) is 0.753. The van der Waals surface area contributed by atoms with Gasteiger partial charge in [-0.05, 0) is 37.6 Å². The van der Waals surface area contributed by atoms with Gasteiger partial charge >= 0.3 is 0 Å². The molecular formula is C20H20N2O2. The molecule has 0 fully saturated rings. The van der Waals surface area contributed by atoms with Crippen molar-refractivity contribution in [2.45, 2.75) is 27.2 Å². The SMILES string of the molecule is CCc1nc(-c2ccc(NC(=O)c3ccccc3C)cc2)c(C)o1. The molecule has 2 aromatic carbocycles. The lowest BCUT2D eigenvalue weighted by Gasteiger charge is -2.08. The van der Waals surface area contributed by atoms with Gasteiger partial charge in [0.25, 0.3) is 5.91 Å². The number of hydrogen-bond donors (Lipinski definition) is 1. The van der Waals surface area contributed by atoms with E-state index in [-0.39, 0.29) is 5.91 Å². The van der Waals surface area contributed by atoms with Crippen LogP contribution < -0.4 is 5.32 Å². The highest BCUT2D eigenvalue weighted by Gasteiger charge is 2.12. The number of nitrogens with zero attached hydrogens (tertiary/aromatic N) is 1. The van der Waals surface area contributed by atoms with Crippen LogP contribution in [0.25, 0.3) is 11.3 Å². The first kappa shape index (κ1) is 16.0. The van der Waals surface area contributed by atoms with E-state index in [1.165, 1.54) is 0 Å². The predicted molar refractivity (Wildman–Crippen MR) is 95.2 cm³/mol. The van der Waals surface area contributed by atoms with E-state index in [1.807, 2.05) is 69.3 Å². The van der Waals surface area contributed by atoms with Gasteiger partial charge in [0.1, 0.15) is 11.5 Å². The first-order chi connectivity index (χ1) is 11.6. The summed E-state index contributed by atoms with van der Waals surface area (Å²) in [6.45, 7) is 5.85. The van der Waals surface area contributed by atoms with Crippen LogP contribution in [0.3, 0.4) is 0 Å². The Bertz CT molecular complexity index is 864. The fraction of sp³-hybridized carbons (Fsp3) is 0.200. The molecule has 1 aromatic heterocycles. The summed E-state index contributed by atoms with van der Waals surface area (Å²) in [5, 5.41) is 2.93. The van der Waals surface area contributed by atoms with Crippen molar-refractivity contribution in [1.29, 1.82) is 0 Å². The number of rotatable bonds is 4. The van der Waals surface area contributed by atoms with E-state index >= 15 is 0 Å². The largest absolute Gasteiger partial charge is 0.445 e. The normalized spacial score (nSPS) is 10.6. The lowest BCUT2D eigenvalue weighted by molar-refractivity contribution is 0.102. The van der Waals surface area contributed by atoms with Gasteiger partial charge in [0.15, 0.2) is 5.89 Å². The molecule has 0 saturated carbocycles. The van der Waals surface area contributed by atoms with Crippen LogP contribution in [0, 0.1) is 13.8 Å². The van der Waals surface area contributed by atoms with Gasteiger partial charge in [0.05, 0.1) is 0 Å². The number of nitrogens with one attached hydrogen (secondary N) is 1. The number of amides is 1. The number of aromatic nitrogens is 1. The van der Waals surface area contributed by atoms with Gasteiger partial charge in [-0.2, -0.15) is 0 Å². The number of oxazole rings is 1. The van der Waals surface area contributed by atoms with E-state index in [0.717, 1.165) is 40.6 Å². The molecule has 0 atom stereocenters. The lowest BCUT2D eigenvalue weighted by Crippen LogP contribution is -2.13. The van der Waals surface area contributed by atoms with Crippen molar-refractivity contribution in [3.05, 3.63) is 71.3 Å². The molecule has 122 valence electrons. The lowest BCUT2D eigenvalue weighted by atomic mass is 10.1. The molecule has 0 bridgehead atoms. The van der Waals surface area contributed by atoms with E-state index in [4.69, 9.17) is 4.42 Å². The minimum atomic E-state index is -0.105. The maximum Gasteiger partial charge on any atom is 0.255 e. The first-order valence-electron chi connectivity index (χ1n) is 8.02. The first-order valence-corrected chi connectivity index (χ1v) is 8.02. The zero-order valence-corrected chi connectivity index (χ0v) is 14.1. The van der Waals surface area contributed by atoms with Crippen molar-refractivity contribution in [2.75, 3.05) is 5.32 Å². The van der Waals surface area contributed by atoms with Crippen LogP contribution in [0.2, 0.25) is 0 Å². The van der Waals surface area contributed by atoms with Crippen LogP contribution in [-0.2, 0) is 6.42 Å². The summed E-state index contributed by atoms with van der Waals surface area (Å²) in [6, 6.07) is 15.2. The van der Waals surface area contributed by atoms with Gasteiger partial charge in [0.2, 0.25) is 0 Å². The second-order valence-electron chi connectivity index (χ2n) is 5.71. The standard InChI is InChI=1S/C20H20N2O2/c1-4-18-22-19(14(3)24-18)15-9-11-16(12-10-15)21-20(23)17-8-6-5-7-13(17)2/h5-12H,4H2,1-3H3,(H,21,23). The number of carbonyl (C=O) groups is 1. The Morgan fingerprint density at radius 1 is 1.08 bits per heavy atom. The molecule has 24 heavy (non-hydrogen) atoms. The Labute approximate surface area is 141 Å². The van der Waals surface area contributed by atoms with Gasteiger partial charge in [-0.25, -0.2) is 4.98 Å². The average molecular weight is 320 g/mol. The number of benzene rings is 2. The summed E-state index contributed by atoms with van der Waals surface area (Å²) in [6.07, 6.45) is 0.769. The van der Waals surface area contributed by atoms with Crippen LogP contribution >= 0.6 is 0 Å². The average Bonchev–Trinajstić information content (AvgIpc) is 2.97. The summed E-state index contributed by atoms with van der Waals surface area (Å²) >= 11 is 0. The molecule has 0 saturated heterocycles. The molecule has 0 aliphatic heterocycles. The molecular weight excluding hydrogens is 300 g/mol. The summed E-state index contributed by atoms with van der Waals surface area (Å²) in [4.78, 5) is 16.8. The van der Waals surface area contributed by atoms with E-state index in [9.17, 15) is 4.79 Å². The fourth-order valence-electron chi connectivity index (χ4n) is 2.61. The maximum atomic E-state index is 12.3. The van der Waals surface area contributed by atoms with E-state index in [2.05, 4.69) is 10.3 Å². The Morgan fingerprint density at radius 3 is 2.42 bits per heavy atom. The minimum Gasteiger partial charge on any atom is -0.445 e. The number of hydrogen-bond acceptors (Lipinski definition) is 3. The van der Waals surface area contributed by atoms with Crippen molar-refractivity contribution in [1.82, 2.24) is 4.98 Å². The van der Waals surface area contributed by atoms with Gasteiger partial charge in [-0.1, -0.05) is 37.3 Å². The third-order valence-electron chi connectivity index (χ3n) is 3.95. The smallest absolute Gasteiger partial charge is 0.255 e. The van der Waals surface area contributed by atoms with Crippen molar-refractivity contribution >= 4 is 11.6 Å². The van der Waals surface area contributed by atoms with Crippen molar-refractivity contribution < 1.29 is 9.21 Å². The van der Waals surface area contributed by atoms with Crippen molar-refractivity contribution in [3.8, 4) is 11.3 Å². The van der Waals surface area contributed by atoms with Gasteiger partial charge in [0, 0.05) is 23.2 Å². The highest BCUT2D eigenvalue weighted by atomic mass is 16.4. The van der Waals surface area contributed by atoms with Gasteiger partial charge < -0.3 is 9.73 Å². The van der Waals surface area contributed by atoms with E-state index < -0.39 is 0 Å². The molecule has 1 amide bonds. The molecule has 0 unspecified atom stereocenters. The summed E-state index contributed by atoms with van der Waals surface area (Å²) in [5.74, 6) is 1.44. The summed E-state index contributed by atoms with van der Waals surface area (Å²) in [5.41, 5.74) is 4.22. The highest BCUT2D eigenvalue weighted by Crippen LogP contribution is 2.25. The van der Waals surface area contributed by atoms with Crippen LogP contribution in [0.1, 0.15) is 34.5 Å². The fourth-order valence-corrected chi connectivity index (χ4v) is 2.61. The molecule has 1 N–H and O–H groups in total. The maximum absolute atomic E-state index is 12.3. The second kappa shape index (κ2) is 6.71. The summed E-state index contributed by atoms with van der Waals surface area (Å²) in [7, 11) is 0. The van der Waals surface area contributed by atoms with Gasteiger partial charge in [-0.3, -0.25) is 4.79 Å². The van der Waals surface area contributed by atoms with Crippen LogP contribution in [0.4, 0.5) is 5.69 Å².